The Morgan fingerprint density at radius 3 is 2.76 bits per heavy atom. The van der Waals surface area contributed by atoms with Crippen LogP contribution >= 0.6 is 0 Å². The average Bonchev–Trinajstić information content (AvgIpc) is 2.55. The molecule has 0 bridgehead atoms. The molecule has 0 fully saturated rings. The normalized spacial score (nSPS) is 11.5. The Morgan fingerprint density at radius 1 is 1.29 bits per heavy atom. The molecule has 0 radical (unpaired) electrons. The molecule has 0 aliphatic carbocycles. The standard InChI is InChI=1S/C12H19N5/c1-9-5-6-10-11(14-9)17(12(13)15-10)8-4-7-16(2)3/h5-6H,4,7-8H2,1-3H3,(H2,13,15). The van der Waals surface area contributed by atoms with E-state index < -0.39 is 0 Å². The number of nitrogen functional groups attached to an aromatic ring is 1. The highest BCUT2D eigenvalue weighted by molar-refractivity contribution is 5.74. The quantitative estimate of drug-likeness (QED) is 0.864. The number of hydrogen-bond acceptors (Lipinski definition) is 4. The zero-order chi connectivity index (χ0) is 12.4. The SMILES string of the molecule is Cc1ccc2nc(N)n(CCCN(C)C)c2n1. The second-order valence-electron chi connectivity index (χ2n) is 4.57. The maximum absolute atomic E-state index is 5.92. The summed E-state index contributed by atoms with van der Waals surface area (Å²) in [5.74, 6) is 0.553. The van der Waals surface area contributed by atoms with Crippen LogP contribution in [0.3, 0.4) is 0 Å². The Bertz CT molecular complexity index is 515. The summed E-state index contributed by atoms with van der Waals surface area (Å²) in [4.78, 5) is 11.0. The Balaban J connectivity index is 2.26. The predicted molar refractivity (Wildman–Crippen MR) is 69.8 cm³/mol. The lowest BCUT2D eigenvalue weighted by Crippen LogP contribution is -2.15. The summed E-state index contributed by atoms with van der Waals surface area (Å²) in [7, 11) is 4.13. The maximum Gasteiger partial charge on any atom is 0.202 e. The second-order valence-corrected chi connectivity index (χ2v) is 4.57. The minimum absolute atomic E-state index is 0.553. The number of aromatic nitrogens is 3. The lowest BCUT2D eigenvalue weighted by atomic mass is 10.3. The van der Waals surface area contributed by atoms with Gasteiger partial charge in [-0.05, 0) is 46.1 Å². The number of anilines is 1. The van der Waals surface area contributed by atoms with Gasteiger partial charge in [-0.3, -0.25) is 4.57 Å². The number of hydrogen-bond donors (Lipinski definition) is 1. The van der Waals surface area contributed by atoms with Gasteiger partial charge in [-0.1, -0.05) is 0 Å². The van der Waals surface area contributed by atoms with Crippen LogP contribution in [0.4, 0.5) is 5.95 Å². The Labute approximate surface area is 101 Å². The zero-order valence-corrected chi connectivity index (χ0v) is 10.6. The summed E-state index contributed by atoms with van der Waals surface area (Å²) in [6, 6.07) is 3.93. The average molecular weight is 233 g/mol. The molecule has 2 rings (SSSR count). The Hall–Kier alpha value is -1.62. The third-order valence-corrected chi connectivity index (χ3v) is 2.75. The van der Waals surface area contributed by atoms with Crippen molar-refractivity contribution in [1.82, 2.24) is 19.4 Å². The van der Waals surface area contributed by atoms with Crippen LogP contribution in [-0.2, 0) is 6.54 Å². The van der Waals surface area contributed by atoms with Crippen LogP contribution in [0.2, 0.25) is 0 Å². The smallest absolute Gasteiger partial charge is 0.202 e. The van der Waals surface area contributed by atoms with E-state index in [0.717, 1.165) is 36.4 Å². The minimum Gasteiger partial charge on any atom is -0.369 e. The van der Waals surface area contributed by atoms with E-state index in [0.29, 0.717) is 5.95 Å². The molecule has 2 aromatic rings. The number of fused-ring (bicyclic) bond motifs is 1. The fourth-order valence-electron chi connectivity index (χ4n) is 1.88. The minimum atomic E-state index is 0.553. The molecule has 92 valence electrons. The van der Waals surface area contributed by atoms with Crippen molar-refractivity contribution in [1.29, 1.82) is 0 Å². The van der Waals surface area contributed by atoms with Gasteiger partial charge in [0, 0.05) is 12.2 Å². The summed E-state index contributed by atoms with van der Waals surface area (Å²) in [5, 5.41) is 0. The van der Waals surface area contributed by atoms with Gasteiger partial charge in [0.2, 0.25) is 5.95 Å². The van der Waals surface area contributed by atoms with Gasteiger partial charge in [-0.2, -0.15) is 0 Å². The maximum atomic E-state index is 5.92. The highest BCUT2D eigenvalue weighted by Gasteiger charge is 2.09. The molecule has 0 amide bonds. The summed E-state index contributed by atoms with van der Waals surface area (Å²) in [6.07, 6.45) is 1.04. The predicted octanol–water partition coefficient (Wildman–Crippen LogP) is 1.27. The second kappa shape index (κ2) is 4.71. The molecule has 2 N–H and O–H groups in total. The van der Waals surface area contributed by atoms with Crippen LogP contribution < -0.4 is 5.73 Å². The Kier molecular flexibility index (Phi) is 3.28. The lowest BCUT2D eigenvalue weighted by Gasteiger charge is -2.10. The van der Waals surface area contributed by atoms with Crippen LogP contribution in [-0.4, -0.2) is 40.1 Å². The number of nitrogens with zero attached hydrogens (tertiary/aromatic N) is 4. The highest BCUT2D eigenvalue weighted by Crippen LogP contribution is 2.16. The molecule has 5 nitrogen and oxygen atoms in total. The van der Waals surface area contributed by atoms with Crippen molar-refractivity contribution in [2.24, 2.45) is 0 Å². The van der Waals surface area contributed by atoms with E-state index >= 15 is 0 Å². The molecule has 0 spiro atoms. The number of aryl methyl sites for hydroxylation is 2. The van der Waals surface area contributed by atoms with Gasteiger partial charge >= 0.3 is 0 Å². The summed E-state index contributed by atoms with van der Waals surface area (Å²) >= 11 is 0. The Morgan fingerprint density at radius 2 is 2.06 bits per heavy atom. The molecule has 0 aliphatic rings. The molecule has 0 saturated carbocycles. The van der Waals surface area contributed by atoms with E-state index in [1.54, 1.807) is 0 Å². The first-order chi connectivity index (χ1) is 8.08. The zero-order valence-electron chi connectivity index (χ0n) is 10.6. The van der Waals surface area contributed by atoms with Crippen LogP contribution in [0.25, 0.3) is 11.2 Å². The fourth-order valence-corrected chi connectivity index (χ4v) is 1.88. The van der Waals surface area contributed by atoms with Crippen molar-refractivity contribution in [2.45, 2.75) is 19.9 Å². The summed E-state index contributed by atoms with van der Waals surface area (Å²) in [6.45, 7) is 3.87. The van der Waals surface area contributed by atoms with Crippen molar-refractivity contribution >= 4 is 17.1 Å². The fraction of sp³-hybridized carbons (Fsp3) is 0.500. The molecule has 2 aromatic heterocycles. The van der Waals surface area contributed by atoms with Gasteiger partial charge in [0.25, 0.3) is 0 Å². The van der Waals surface area contributed by atoms with Gasteiger partial charge in [-0.15, -0.1) is 0 Å². The molecular formula is C12H19N5. The van der Waals surface area contributed by atoms with Crippen LogP contribution in [0.15, 0.2) is 12.1 Å². The van der Waals surface area contributed by atoms with E-state index in [2.05, 4.69) is 29.0 Å². The molecule has 0 atom stereocenters. The van der Waals surface area contributed by atoms with Crippen molar-refractivity contribution in [3.05, 3.63) is 17.8 Å². The number of nitrogens with two attached hydrogens (primary N) is 1. The van der Waals surface area contributed by atoms with E-state index in [1.807, 2.05) is 23.6 Å². The third kappa shape index (κ3) is 2.55. The molecular weight excluding hydrogens is 214 g/mol. The van der Waals surface area contributed by atoms with Crippen LogP contribution in [0.1, 0.15) is 12.1 Å². The van der Waals surface area contributed by atoms with E-state index in [1.165, 1.54) is 0 Å². The van der Waals surface area contributed by atoms with Crippen molar-refractivity contribution in [2.75, 3.05) is 26.4 Å². The molecule has 17 heavy (non-hydrogen) atoms. The molecule has 0 aliphatic heterocycles. The lowest BCUT2D eigenvalue weighted by molar-refractivity contribution is 0.388. The van der Waals surface area contributed by atoms with Gasteiger partial charge in [0.1, 0.15) is 5.52 Å². The van der Waals surface area contributed by atoms with Crippen LogP contribution in [0, 0.1) is 6.92 Å². The largest absolute Gasteiger partial charge is 0.369 e. The van der Waals surface area contributed by atoms with E-state index in [4.69, 9.17) is 5.73 Å². The molecule has 5 heteroatoms. The molecule has 0 unspecified atom stereocenters. The first-order valence-electron chi connectivity index (χ1n) is 5.82. The number of pyridine rings is 1. The summed E-state index contributed by atoms with van der Waals surface area (Å²) < 4.78 is 1.99. The van der Waals surface area contributed by atoms with Crippen molar-refractivity contribution in [3.63, 3.8) is 0 Å². The number of rotatable bonds is 4. The monoisotopic (exact) mass is 233 g/mol. The van der Waals surface area contributed by atoms with Crippen molar-refractivity contribution in [3.8, 4) is 0 Å². The molecule has 0 saturated heterocycles. The highest BCUT2D eigenvalue weighted by atomic mass is 15.2. The van der Waals surface area contributed by atoms with Crippen LogP contribution in [0.5, 0.6) is 0 Å². The topological polar surface area (TPSA) is 60.0 Å². The van der Waals surface area contributed by atoms with Crippen molar-refractivity contribution < 1.29 is 0 Å². The van der Waals surface area contributed by atoms with Gasteiger partial charge in [0.05, 0.1) is 0 Å². The van der Waals surface area contributed by atoms with E-state index in [-0.39, 0.29) is 0 Å². The van der Waals surface area contributed by atoms with Gasteiger partial charge in [-0.25, -0.2) is 9.97 Å². The van der Waals surface area contributed by atoms with E-state index in [9.17, 15) is 0 Å². The first kappa shape index (κ1) is 11.9. The van der Waals surface area contributed by atoms with Gasteiger partial charge < -0.3 is 10.6 Å². The van der Waals surface area contributed by atoms with Gasteiger partial charge in [0.15, 0.2) is 5.65 Å². The third-order valence-electron chi connectivity index (χ3n) is 2.75. The molecule has 2 heterocycles. The number of imidazole rings is 1. The molecule has 0 aromatic carbocycles. The first-order valence-corrected chi connectivity index (χ1v) is 5.82. The summed E-state index contributed by atoms with van der Waals surface area (Å²) in [5.41, 5.74) is 8.67.